The summed E-state index contributed by atoms with van der Waals surface area (Å²) in [6.45, 7) is 6.97. The van der Waals surface area contributed by atoms with Gasteiger partial charge in [-0.25, -0.2) is 4.98 Å². The highest BCUT2D eigenvalue weighted by Crippen LogP contribution is 2.37. The van der Waals surface area contributed by atoms with Crippen molar-refractivity contribution in [1.82, 2.24) is 10.3 Å². The van der Waals surface area contributed by atoms with Crippen LogP contribution in [-0.4, -0.2) is 18.6 Å². The van der Waals surface area contributed by atoms with Crippen LogP contribution >= 0.6 is 11.3 Å². The van der Waals surface area contributed by atoms with Gasteiger partial charge >= 0.3 is 0 Å². The summed E-state index contributed by atoms with van der Waals surface area (Å²) in [6, 6.07) is 0.432. The molecule has 1 unspecified atom stereocenters. The predicted octanol–water partition coefficient (Wildman–Crippen LogP) is 3.01. The van der Waals surface area contributed by atoms with Crippen LogP contribution in [0.5, 0.6) is 0 Å². The van der Waals surface area contributed by atoms with E-state index in [1.807, 2.05) is 25.3 Å². The number of nitrogens with one attached hydrogen (secondary N) is 1. The Morgan fingerprint density at radius 1 is 1.53 bits per heavy atom. The van der Waals surface area contributed by atoms with E-state index in [4.69, 9.17) is 9.72 Å². The standard InChI is InChI=1S/C13H22N2OS/c1-5-16-13(2,3)12-15-11-9(14-4)7-6-8-10(11)17-12/h9,14H,5-8H2,1-4H3. The molecule has 0 radical (unpaired) electrons. The normalized spacial score (nSPS) is 20.4. The van der Waals surface area contributed by atoms with Gasteiger partial charge in [0.25, 0.3) is 0 Å². The Morgan fingerprint density at radius 3 is 2.94 bits per heavy atom. The highest BCUT2D eigenvalue weighted by atomic mass is 32.1. The number of hydrogen-bond acceptors (Lipinski definition) is 4. The van der Waals surface area contributed by atoms with Crippen molar-refractivity contribution in [1.29, 1.82) is 0 Å². The number of aryl methyl sites for hydroxylation is 1. The van der Waals surface area contributed by atoms with Crippen LogP contribution in [0.3, 0.4) is 0 Å². The molecule has 1 N–H and O–H groups in total. The molecule has 0 fully saturated rings. The number of nitrogens with zero attached hydrogens (tertiary/aromatic N) is 1. The van der Waals surface area contributed by atoms with Crippen LogP contribution in [0.1, 0.15) is 55.2 Å². The third-order valence-corrected chi connectivity index (χ3v) is 4.76. The average Bonchev–Trinajstić information content (AvgIpc) is 2.73. The van der Waals surface area contributed by atoms with Gasteiger partial charge in [-0.1, -0.05) is 0 Å². The van der Waals surface area contributed by atoms with E-state index in [0.717, 1.165) is 11.6 Å². The number of thiazole rings is 1. The van der Waals surface area contributed by atoms with Gasteiger partial charge in [-0.3, -0.25) is 0 Å². The molecule has 0 spiro atoms. The van der Waals surface area contributed by atoms with E-state index in [0.29, 0.717) is 6.04 Å². The first kappa shape index (κ1) is 13.0. The molecule has 3 nitrogen and oxygen atoms in total. The second-order valence-corrected chi connectivity index (χ2v) is 6.09. The third kappa shape index (κ3) is 2.54. The van der Waals surface area contributed by atoms with Gasteiger partial charge in [0.05, 0.1) is 11.7 Å². The molecule has 0 aromatic carbocycles. The van der Waals surface area contributed by atoms with Crippen LogP contribution < -0.4 is 5.32 Å². The lowest BCUT2D eigenvalue weighted by Crippen LogP contribution is -2.23. The molecule has 0 amide bonds. The molecule has 4 heteroatoms. The lowest BCUT2D eigenvalue weighted by molar-refractivity contribution is -0.0142. The first-order valence-electron chi connectivity index (χ1n) is 6.39. The van der Waals surface area contributed by atoms with E-state index in [1.165, 1.54) is 29.8 Å². The minimum absolute atomic E-state index is 0.255. The minimum atomic E-state index is -0.255. The van der Waals surface area contributed by atoms with E-state index in [2.05, 4.69) is 19.2 Å². The summed E-state index contributed by atoms with van der Waals surface area (Å²) in [5, 5.41) is 4.48. The Hall–Kier alpha value is -0.450. The maximum atomic E-state index is 5.79. The van der Waals surface area contributed by atoms with Crippen LogP contribution in [-0.2, 0) is 16.8 Å². The molecule has 1 heterocycles. The monoisotopic (exact) mass is 254 g/mol. The Balaban J connectivity index is 2.30. The van der Waals surface area contributed by atoms with E-state index >= 15 is 0 Å². The largest absolute Gasteiger partial charge is 0.369 e. The van der Waals surface area contributed by atoms with Crippen molar-refractivity contribution in [3.05, 3.63) is 15.6 Å². The van der Waals surface area contributed by atoms with E-state index in [-0.39, 0.29) is 5.60 Å². The lowest BCUT2D eigenvalue weighted by atomic mass is 9.98. The summed E-state index contributed by atoms with van der Waals surface area (Å²) in [6.07, 6.45) is 3.63. The van der Waals surface area contributed by atoms with Crippen LogP contribution in [0.15, 0.2) is 0 Å². The van der Waals surface area contributed by atoms with Crippen LogP contribution in [0, 0.1) is 0 Å². The molecule has 0 saturated carbocycles. The second-order valence-electron chi connectivity index (χ2n) is 5.00. The Bertz CT molecular complexity index is 387. The first-order valence-corrected chi connectivity index (χ1v) is 7.21. The fraction of sp³-hybridized carbons (Fsp3) is 0.769. The first-order chi connectivity index (χ1) is 8.08. The average molecular weight is 254 g/mol. The molecule has 1 aromatic heterocycles. The van der Waals surface area contributed by atoms with Gasteiger partial charge in [-0.15, -0.1) is 11.3 Å². The zero-order valence-corrected chi connectivity index (χ0v) is 12.0. The van der Waals surface area contributed by atoms with Crippen molar-refractivity contribution >= 4 is 11.3 Å². The zero-order chi connectivity index (χ0) is 12.5. The van der Waals surface area contributed by atoms with E-state index in [1.54, 1.807) is 0 Å². The van der Waals surface area contributed by atoms with Gasteiger partial charge in [0, 0.05) is 11.5 Å². The fourth-order valence-corrected chi connectivity index (χ4v) is 3.60. The molecule has 1 aliphatic carbocycles. The summed E-state index contributed by atoms with van der Waals surface area (Å²) >= 11 is 1.83. The van der Waals surface area contributed by atoms with Gasteiger partial charge in [0.1, 0.15) is 10.6 Å². The molecular weight excluding hydrogens is 232 g/mol. The lowest BCUT2D eigenvalue weighted by Gasteiger charge is -2.22. The van der Waals surface area contributed by atoms with Crippen molar-refractivity contribution in [3.63, 3.8) is 0 Å². The highest BCUT2D eigenvalue weighted by Gasteiger charge is 2.30. The van der Waals surface area contributed by atoms with Crippen molar-refractivity contribution in [2.24, 2.45) is 0 Å². The smallest absolute Gasteiger partial charge is 0.125 e. The van der Waals surface area contributed by atoms with E-state index < -0.39 is 0 Å². The fourth-order valence-electron chi connectivity index (χ4n) is 2.38. The number of ether oxygens (including phenoxy) is 1. The number of fused-ring (bicyclic) bond motifs is 1. The second kappa shape index (κ2) is 5.04. The number of aromatic nitrogens is 1. The highest BCUT2D eigenvalue weighted by molar-refractivity contribution is 7.11. The molecule has 1 atom stereocenters. The van der Waals surface area contributed by atoms with Gasteiger partial charge in [0.2, 0.25) is 0 Å². The molecule has 1 aromatic rings. The molecule has 1 aliphatic rings. The van der Waals surface area contributed by atoms with Crippen molar-refractivity contribution < 1.29 is 4.74 Å². The van der Waals surface area contributed by atoms with Gasteiger partial charge in [0.15, 0.2) is 0 Å². The third-order valence-electron chi connectivity index (χ3n) is 3.32. The topological polar surface area (TPSA) is 34.1 Å². The van der Waals surface area contributed by atoms with Crippen molar-refractivity contribution in [2.45, 2.75) is 51.7 Å². The Morgan fingerprint density at radius 2 is 2.29 bits per heavy atom. The Kier molecular flexibility index (Phi) is 3.85. The summed E-state index contributed by atoms with van der Waals surface area (Å²) in [5.74, 6) is 0. The summed E-state index contributed by atoms with van der Waals surface area (Å²) in [7, 11) is 2.02. The molecule has 2 rings (SSSR count). The van der Waals surface area contributed by atoms with Crippen LogP contribution in [0.25, 0.3) is 0 Å². The molecule has 17 heavy (non-hydrogen) atoms. The SMILES string of the molecule is CCOC(C)(C)c1nc2c(s1)CCCC2NC. The predicted molar refractivity (Wildman–Crippen MR) is 71.5 cm³/mol. The molecule has 0 bridgehead atoms. The summed E-state index contributed by atoms with van der Waals surface area (Å²) in [5.41, 5.74) is 1.00. The van der Waals surface area contributed by atoms with Gasteiger partial charge < -0.3 is 10.1 Å². The van der Waals surface area contributed by atoms with E-state index in [9.17, 15) is 0 Å². The van der Waals surface area contributed by atoms with Crippen molar-refractivity contribution in [2.75, 3.05) is 13.7 Å². The molecule has 0 saturated heterocycles. The summed E-state index contributed by atoms with van der Waals surface area (Å²) < 4.78 is 5.79. The molecule has 96 valence electrons. The molecular formula is C13H22N2OS. The number of hydrogen-bond donors (Lipinski definition) is 1. The molecule has 0 aliphatic heterocycles. The maximum absolute atomic E-state index is 5.79. The van der Waals surface area contributed by atoms with Crippen LogP contribution in [0.2, 0.25) is 0 Å². The Labute approximate surface area is 108 Å². The number of rotatable bonds is 4. The zero-order valence-electron chi connectivity index (χ0n) is 11.2. The van der Waals surface area contributed by atoms with Gasteiger partial charge in [-0.2, -0.15) is 0 Å². The maximum Gasteiger partial charge on any atom is 0.125 e. The minimum Gasteiger partial charge on any atom is -0.369 e. The summed E-state index contributed by atoms with van der Waals surface area (Å²) in [4.78, 5) is 6.27. The van der Waals surface area contributed by atoms with Crippen LogP contribution in [0.4, 0.5) is 0 Å². The van der Waals surface area contributed by atoms with Gasteiger partial charge in [-0.05, 0) is 47.1 Å². The quantitative estimate of drug-likeness (QED) is 0.897. The van der Waals surface area contributed by atoms with Crippen molar-refractivity contribution in [3.8, 4) is 0 Å².